The Balaban J connectivity index is 0.00000729. The van der Waals surface area contributed by atoms with E-state index in [1.165, 1.54) is 10.6 Å². The first-order chi connectivity index (χ1) is 12.8. The van der Waals surface area contributed by atoms with Crippen LogP contribution in [-0.2, 0) is 16.4 Å². The lowest BCUT2D eigenvalue weighted by atomic mass is 10.1. The quantitative estimate of drug-likeness (QED) is 0.197. The van der Waals surface area contributed by atoms with Crippen molar-refractivity contribution in [1.29, 1.82) is 0 Å². The van der Waals surface area contributed by atoms with Gasteiger partial charge in [-0.05, 0) is 30.5 Å². The lowest BCUT2D eigenvalue weighted by Gasteiger charge is -2.18. The van der Waals surface area contributed by atoms with Gasteiger partial charge in [0.05, 0.1) is 20.5 Å². The Kier molecular flexibility index (Phi) is 13.2. The monoisotopic (exact) mass is 528 g/mol. The number of benzene rings is 1. The maximum atomic E-state index is 11.6. The summed E-state index contributed by atoms with van der Waals surface area (Å²) in [6.07, 6.45) is 2.74. The molecule has 162 valence electrons. The number of rotatable bonds is 11. The second-order valence-corrected chi connectivity index (χ2v) is 7.96. The minimum Gasteiger partial charge on any atom is -0.493 e. The van der Waals surface area contributed by atoms with Gasteiger partial charge < -0.3 is 20.1 Å². The maximum Gasteiger partial charge on any atom is 0.211 e. The lowest BCUT2D eigenvalue weighted by Crippen LogP contribution is -2.40. The van der Waals surface area contributed by atoms with Gasteiger partial charge in [0.1, 0.15) is 0 Å². The van der Waals surface area contributed by atoms with Crippen molar-refractivity contribution in [2.45, 2.75) is 19.8 Å². The number of halogens is 1. The SMILES string of the molecule is CCN(CCCNC(=NC)NCCc1ccc(OC)c(OC)c1)S(C)(=O)=O.I. The second-order valence-electron chi connectivity index (χ2n) is 5.97. The largest absolute Gasteiger partial charge is 0.493 e. The molecular weight excluding hydrogens is 495 g/mol. The van der Waals surface area contributed by atoms with Crippen LogP contribution in [0.1, 0.15) is 18.9 Å². The van der Waals surface area contributed by atoms with E-state index >= 15 is 0 Å². The minimum absolute atomic E-state index is 0. The van der Waals surface area contributed by atoms with E-state index in [2.05, 4.69) is 15.6 Å². The predicted octanol–water partition coefficient (Wildman–Crippen LogP) is 1.70. The van der Waals surface area contributed by atoms with Crippen LogP contribution in [0.4, 0.5) is 0 Å². The molecule has 0 aromatic heterocycles. The molecule has 0 heterocycles. The number of aliphatic imine (C=N–C) groups is 1. The van der Waals surface area contributed by atoms with Gasteiger partial charge in [-0.2, -0.15) is 0 Å². The molecule has 10 heteroatoms. The van der Waals surface area contributed by atoms with Crippen LogP contribution < -0.4 is 20.1 Å². The van der Waals surface area contributed by atoms with Crippen LogP contribution in [0, 0.1) is 0 Å². The van der Waals surface area contributed by atoms with Gasteiger partial charge in [0.25, 0.3) is 0 Å². The topological polar surface area (TPSA) is 92.3 Å². The zero-order chi connectivity index (χ0) is 20.3. The molecule has 0 fully saturated rings. The number of sulfonamides is 1. The first-order valence-electron chi connectivity index (χ1n) is 8.96. The summed E-state index contributed by atoms with van der Waals surface area (Å²) in [5, 5.41) is 6.45. The fourth-order valence-corrected chi connectivity index (χ4v) is 3.53. The average Bonchev–Trinajstić information content (AvgIpc) is 2.65. The summed E-state index contributed by atoms with van der Waals surface area (Å²) >= 11 is 0. The molecule has 0 radical (unpaired) electrons. The average molecular weight is 528 g/mol. The zero-order valence-corrected chi connectivity index (χ0v) is 20.5. The lowest BCUT2D eigenvalue weighted by molar-refractivity contribution is 0.354. The van der Waals surface area contributed by atoms with Gasteiger partial charge in [-0.3, -0.25) is 4.99 Å². The highest BCUT2D eigenvalue weighted by Gasteiger charge is 2.13. The van der Waals surface area contributed by atoms with Crippen LogP contribution in [0.25, 0.3) is 0 Å². The number of guanidine groups is 1. The highest BCUT2D eigenvalue weighted by atomic mass is 127. The number of ether oxygens (including phenoxy) is 2. The third-order valence-electron chi connectivity index (χ3n) is 4.08. The summed E-state index contributed by atoms with van der Waals surface area (Å²) < 4.78 is 35.1. The number of hydrogen-bond donors (Lipinski definition) is 2. The summed E-state index contributed by atoms with van der Waals surface area (Å²) in [6.45, 7) is 4.16. The highest BCUT2D eigenvalue weighted by molar-refractivity contribution is 14.0. The molecule has 1 aromatic carbocycles. The summed E-state index contributed by atoms with van der Waals surface area (Å²) in [4.78, 5) is 4.18. The standard InChI is InChI=1S/C18H32N4O4S.HI/c1-6-22(27(5,23)24)13-7-11-20-18(19-2)21-12-10-15-8-9-16(25-3)17(14-15)26-4;/h8-9,14H,6-7,10-13H2,1-5H3,(H2,19,20,21);1H. The fraction of sp³-hybridized carbons (Fsp3) is 0.611. The predicted molar refractivity (Wildman–Crippen MR) is 125 cm³/mol. The van der Waals surface area contributed by atoms with Crippen molar-refractivity contribution in [2.75, 3.05) is 53.7 Å². The molecule has 0 aliphatic carbocycles. The minimum atomic E-state index is -3.14. The van der Waals surface area contributed by atoms with Crippen molar-refractivity contribution < 1.29 is 17.9 Å². The van der Waals surface area contributed by atoms with Crippen LogP contribution in [0.2, 0.25) is 0 Å². The Bertz CT molecular complexity index is 714. The third-order valence-corrected chi connectivity index (χ3v) is 5.45. The van der Waals surface area contributed by atoms with Crippen molar-refractivity contribution >= 4 is 40.0 Å². The molecular formula is C18H33IN4O4S. The number of nitrogens with zero attached hydrogens (tertiary/aromatic N) is 2. The molecule has 0 saturated heterocycles. The van der Waals surface area contributed by atoms with Crippen LogP contribution >= 0.6 is 24.0 Å². The Hall–Kier alpha value is -1.27. The van der Waals surface area contributed by atoms with Gasteiger partial charge in [-0.15, -0.1) is 24.0 Å². The summed E-state index contributed by atoms with van der Waals surface area (Å²) in [6, 6.07) is 5.85. The summed E-state index contributed by atoms with van der Waals surface area (Å²) in [5.74, 6) is 2.11. The number of nitrogens with one attached hydrogen (secondary N) is 2. The van der Waals surface area contributed by atoms with E-state index in [0.29, 0.717) is 50.1 Å². The van der Waals surface area contributed by atoms with Crippen molar-refractivity contribution in [3.05, 3.63) is 23.8 Å². The Labute approximate surface area is 186 Å². The Morgan fingerprint density at radius 3 is 2.32 bits per heavy atom. The van der Waals surface area contributed by atoms with E-state index in [1.54, 1.807) is 21.3 Å². The molecule has 0 atom stereocenters. The highest BCUT2D eigenvalue weighted by Crippen LogP contribution is 2.27. The van der Waals surface area contributed by atoms with Crippen molar-refractivity contribution in [1.82, 2.24) is 14.9 Å². The summed E-state index contributed by atoms with van der Waals surface area (Å²) in [7, 11) is 1.81. The van der Waals surface area contributed by atoms with E-state index in [9.17, 15) is 8.42 Å². The molecule has 1 rings (SSSR count). The molecule has 8 nitrogen and oxygen atoms in total. The van der Waals surface area contributed by atoms with Crippen LogP contribution in [0.3, 0.4) is 0 Å². The first-order valence-corrected chi connectivity index (χ1v) is 10.8. The van der Waals surface area contributed by atoms with E-state index < -0.39 is 10.0 Å². The van der Waals surface area contributed by atoms with Crippen molar-refractivity contribution in [2.24, 2.45) is 4.99 Å². The smallest absolute Gasteiger partial charge is 0.211 e. The van der Waals surface area contributed by atoms with E-state index in [4.69, 9.17) is 9.47 Å². The third kappa shape index (κ3) is 9.28. The molecule has 0 aliphatic heterocycles. The first kappa shape index (κ1) is 26.7. The van der Waals surface area contributed by atoms with E-state index in [0.717, 1.165) is 12.0 Å². The molecule has 1 aromatic rings. The molecule has 0 spiro atoms. The normalized spacial score (nSPS) is 11.7. The molecule has 28 heavy (non-hydrogen) atoms. The fourth-order valence-electron chi connectivity index (χ4n) is 2.60. The van der Waals surface area contributed by atoms with E-state index in [1.807, 2.05) is 25.1 Å². The summed E-state index contributed by atoms with van der Waals surface area (Å²) in [5.41, 5.74) is 1.13. The molecule has 0 saturated carbocycles. The molecule has 0 aliphatic rings. The molecule has 0 bridgehead atoms. The van der Waals surface area contributed by atoms with Gasteiger partial charge in [-0.1, -0.05) is 13.0 Å². The van der Waals surface area contributed by atoms with Crippen LogP contribution in [0.15, 0.2) is 23.2 Å². The van der Waals surface area contributed by atoms with Crippen molar-refractivity contribution in [3.8, 4) is 11.5 Å². The molecule has 0 amide bonds. The van der Waals surface area contributed by atoms with Crippen LogP contribution in [0.5, 0.6) is 11.5 Å². The van der Waals surface area contributed by atoms with Gasteiger partial charge in [0, 0.05) is 33.2 Å². The Morgan fingerprint density at radius 2 is 1.79 bits per heavy atom. The maximum absolute atomic E-state index is 11.6. The number of methoxy groups -OCH3 is 2. The molecule has 2 N–H and O–H groups in total. The van der Waals surface area contributed by atoms with Gasteiger partial charge >= 0.3 is 0 Å². The van der Waals surface area contributed by atoms with Gasteiger partial charge in [0.15, 0.2) is 17.5 Å². The Morgan fingerprint density at radius 1 is 1.14 bits per heavy atom. The zero-order valence-electron chi connectivity index (χ0n) is 17.3. The van der Waals surface area contributed by atoms with Gasteiger partial charge in [-0.25, -0.2) is 12.7 Å². The van der Waals surface area contributed by atoms with Crippen LogP contribution in [-0.4, -0.2) is 72.4 Å². The van der Waals surface area contributed by atoms with Crippen molar-refractivity contribution in [3.63, 3.8) is 0 Å². The second kappa shape index (κ2) is 13.8. The number of hydrogen-bond acceptors (Lipinski definition) is 5. The van der Waals surface area contributed by atoms with E-state index in [-0.39, 0.29) is 24.0 Å². The van der Waals surface area contributed by atoms with Gasteiger partial charge in [0.2, 0.25) is 10.0 Å². The molecule has 0 unspecified atom stereocenters.